The van der Waals surface area contributed by atoms with E-state index >= 15 is 0 Å². The van der Waals surface area contributed by atoms with Gasteiger partial charge in [-0.2, -0.15) is 0 Å². The zero-order chi connectivity index (χ0) is 12.0. The molecule has 0 spiro atoms. The summed E-state index contributed by atoms with van der Waals surface area (Å²) in [6.07, 6.45) is 0. The smallest absolute Gasteiger partial charge is 0.0575 e. The minimum absolute atomic E-state index is 0.825. The molecule has 90 valence electrons. The van der Waals surface area contributed by atoms with Crippen LogP contribution >= 0.6 is 22.6 Å². The number of halogens is 1. The predicted molar refractivity (Wildman–Crippen MR) is 79.8 cm³/mol. The molecular weight excluding hydrogens is 313 g/mol. The van der Waals surface area contributed by atoms with E-state index in [9.17, 15) is 0 Å². The SMILES string of the molecule is CCN(CC)CCNc1ccc(I)cc1N. The van der Waals surface area contributed by atoms with E-state index in [4.69, 9.17) is 5.73 Å². The van der Waals surface area contributed by atoms with E-state index in [0.29, 0.717) is 0 Å². The maximum absolute atomic E-state index is 5.92. The summed E-state index contributed by atoms with van der Waals surface area (Å²) in [6, 6.07) is 6.09. The Balaban J connectivity index is 2.42. The van der Waals surface area contributed by atoms with Gasteiger partial charge in [-0.05, 0) is 53.9 Å². The van der Waals surface area contributed by atoms with Gasteiger partial charge in [0.1, 0.15) is 0 Å². The fraction of sp³-hybridized carbons (Fsp3) is 0.500. The predicted octanol–water partition coefficient (Wildman–Crippen LogP) is 2.63. The van der Waals surface area contributed by atoms with Crippen LogP contribution in [0.15, 0.2) is 18.2 Å². The van der Waals surface area contributed by atoms with Crippen molar-refractivity contribution in [2.45, 2.75) is 13.8 Å². The first kappa shape index (κ1) is 13.6. The van der Waals surface area contributed by atoms with Crippen LogP contribution in [0.3, 0.4) is 0 Å². The first-order chi connectivity index (χ1) is 7.67. The number of likely N-dealkylation sites (N-methyl/N-ethyl adjacent to an activating group) is 1. The first-order valence-electron chi connectivity index (χ1n) is 5.68. The summed E-state index contributed by atoms with van der Waals surface area (Å²) in [7, 11) is 0. The van der Waals surface area contributed by atoms with E-state index < -0.39 is 0 Å². The molecule has 0 radical (unpaired) electrons. The van der Waals surface area contributed by atoms with E-state index in [-0.39, 0.29) is 0 Å². The van der Waals surface area contributed by atoms with Gasteiger partial charge in [0.2, 0.25) is 0 Å². The van der Waals surface area contributed by atoms with E-state index in [1.54, 1.807) is 0 Å². The molecule has 0 saturated carbocycles. The molecule has 0 fully saturated rings. The fourth-order valence-corrected chi connectivity index (χ4v) is 2.10. The van der Waals surface area contributed by atoms with Gasteiger partial charge in [0.25, 0.3) is 0 Å². The van der Waals surface area contributed by atoms with Gasteiger partial charge in [-0.3, -0.25) is 0 Å². The van der Waals surface area contributed by atoms with Crippen molar-refractivity contribution in [3.05, 3.63) is 21.8 Å². The van der Waals surface area contributed by atoms with Crippen LogP contribution in [0.2, 0.25) is 0 Å². The second-order valence-corrected chi connectivity index (χ2v) is 4.93. The molecule has 1 aromatic carbocycles. The Kier molecular flexibility index (Phi) is 5.90. The standard InChI is InChI=1S/C12H20IN3/c1-3-16(4-2)8-7-15-12-6-5-10(13)9-11(12)14/h5-6,9,15H,3-4,7-8,14H2,1-2H3. The van der Waals surface area contributed by atoms with Crippen LogP contribution in [-0.2, 0) is 0 Å². The van der Waals surface area contributed by atoms with Crippen molar-refractivity contribution in [3.63, 3.8) is 0 Å². The van der Waals surface area contributed by atoms with Crippen molar-refractivity contribution in [2.75, 3.05) is 37.2 Å². The molecule has 1 rings (SSSR count). The Hall–Kier alpha value is -0.490. The summed E-state index contributed by atoms with van der Waals surface area (Å²) in [5.74, 6) is 0. The molecule has 0 aliphatic heterocycles. The summed E-state index contributed by atoms with van der Waals surface area (Å²) in [5.41, 5.74) is 7.78. The van der Waals surface area contributed by atoms with Gasteiger partial charge in [0, 0.05) is 16.7 Å². The van der Waals surface area contributed by atoms with Gasteiger partial charge in [-0.15, -0.1) is 0 Å². The number of nitrogens with zero attached hydrogens (tertiary/aromatic N) is 1. The van der Waals surface area contributed by atoms with Crippen molar-refractivity contribution in [2.24, 2.45) is 0 Å². The zero-order valence-corrected chi connectivity index (χ0v) is 12.1. The van der Waals surface area contributed by atoms with Gasteiger partial charge in [0.05, 0.1) is 11.4 Å². The number of rotatable bonds is 6. The minimum atomic E-state index is 0.825. The van der Waals surface area contributed by atoms with Crippen molar-refractivity contribution in [1.82, 2.24) is 4.90 Å². The Bertz CT molecular complexity index is 324. The quantitative estimate of drug-likeness (QED) is 0.621. The Morgan fingerprint density at radius 3 is 2.56 bits per heavy atom. The third-order valence-electron chi connectivity index (χ3n) is 2.65. The number of nitrogen functional groups attached to an aromatic ring is 1. The van der Waals surface area contributed by atoms with Crippen molar-refractivity contribution in [1.29, 1.82) is 0 Å². The van der Waals surface area contributed by atoms with Crippen LogP contribution in [0.5, 0.6) is 0 Å². The maximum atomic E-state index is 5.92. The molecule has 1 aromatic rings. The summed E-state index contributed by atoms with van der Waals surface area (Å²) in [4.78, 5) is 2.38. The molecule has 3 nitrogen and oxygen atoms in total. The molecule has 4 heteroatoms. The van der Waals surface area contributed by atoms with Gasteiger partial charge in [-0.25, -0.2) is 0 Å². The lowest BCUT2D eigenvalue weighted by atomic mass is 10.2. The van der Waals surface area contributed by atoms with Crippen LogP contribution in [0, 0.1) is 3.57 Å². The highest BCUT2D eigenvalue weighted by atomic mass is 127. The van der Waals surface area contributed by atoms with Crippen molar-refractivity contribution >= 4 is 34.0 Å². The molecular formula is C12H20IN3. The van der Waals surface area contributed by atoms with Gasteiger partial charge in [-0.1, -0.05) is 13.8 Å². The molecule has 0 bridgehead atoms. The number of hydrogen-bond donors (Lipinski definition) is 2. The third-order valence-corrected chi connectivity index (χ3v) is 3.32. The third kappa shape index (κ3) is 4.17. The van der Waals surface area contributed by atoms with E-state index in [1.165, 1.54) is 3.57 Å². The minimum Gasteiger partial charge on any atom is -0.397 e. The van der Waals surface area contributed by atoms with E-state index in [2.05, 4.69) is 52.7 Å². The number of hydrogen-bond acceptors (Lipinski definition) is 3. The lowest BCUT2D eigenvalue weighted by Gasteiger charge is -2.18. The van der Waals surface area contributed by atoms with Crippen LogP contribution < -0.4 is 11.1 Å². The van der Waals surface area contributed by atoms with Crippen molar-refractivity contribution < 1.29 is 0 Å². The van der Waals surface area contributed by atoms with Crippen molar-refractivity contribution in [3.8, 4) is 0 Å². The highest BCUT2D eigenvalue weighted by Crippen LogP contribution is 2.20. The van der Waals surface area contributed by atoms with E-state index in [1.807, 2.05) is 12.1 Å². The van der Waals surface area contributed by atoms with Crippen LogP contribution in [-0.4, -0.2) is 31.1 Å². The summed E-state index contributed by atoms with van der Waals surface area (Å²) in [6.45, 7) is 8.55. The Morgan fingerprint density at radius 1 is 1.31 bits per heavy atom. The van der Waals surface area contributed by atoms with Gasteiger partial charge >= 0.3 is 0 Å². The number of anilines is 2. The summed E-state index contributed by atoms with van der Waals surface area (Å²) < 4.78 is 1.17. The maximum Gasteiger partial charge on any atom is 0.0575 e. The number of nitrogens with one attached hydrogen (secondary N) is 1. The average molecular weight is 333 g/mol. The Labute approximate surface area is 112 Å². The first-order valence-corrected chi connectivity index (χ1v) is 6.76. The van der Waals surface area contributed by atoms with Gasteiger partial charge < -0.3 is 16.0 Å². The molecule has 0 saturated heterocycles. The topological polar surface area (TPSA) is 41.3 Å². The summed E-state index contributed by atoms with van der Waals surface area (Å²) in [5, 5.41) is 3.37. The molecule has 0 aromatic heterocycles. The lowest BCUT2D eigenvalue weighted by Crippen LogP contribution is -2.28. The number of benzene rings is 1. The van der Waals surface area contributed by atoms with E-state index in [0.717, 1.165) is 37.6 Å². The fourth-order valence-electron chi connectivity index (χ4n) is 1.58. The second kappa shape index (κ2) is 6.96. The summed E-state index contributed by atoms with van der Waals surface area (Å²) >= 11 is 2.27. The van der Waals surface area contributed by atoms with Gasteiger partial charge in [0.15, 0.2) is 0 Å². The normalized spacial score (nSPS) is 10.8. The van der Waals surface area contributed by atoms with Crippen LogP contribution in [0.4, 0.5) is 11.4 Å². The molecule has 0 aliphatic rings. The van der Waals surface area contributed by atoms with Crippen LogP contribution in [0.25, 0.3) is 0 Å². The highest BCUT2D eigenvalue weighted by molar-refractivity contribution is 14.1. The molecule has 0 heterocycles. The molecule has 0 atom stereocenters. The zero-order valence-electron chi connectivity index (χ0n) is 9.96. The highest BCUT2D eigenvalue weighted by Gasteiger charge is 2.01. The largest absolute Gasteiger partial charge is 0.397 e. The lowest BCUT2D eigenvalue weighted by molar-refractivity contribution is 0.316. The average Bonchev–Trinajstić information content (AvgIpc) is 2.27. The molecule has 0 aliphatic carbocycles. The molecule has 3 N–H and O–H groups in total. The molecule has 16 heavy (non-hydrogen) atoms. The Morgan fingerprint density at radius 2 is 2.00 bits per heavy atom. The monoisotopic (exact) mass is 333 g/mol. The number of nitrogens with two attached hydrogens (primary N) is 1. The molecule has 0 unspecified atom stereocenters. The molecule has 0 amide bonds. The second-order valence-electron chi connectivity index (χ2n) is 3.69. The van der Waals surface area contributed by atoms with Crippen LogP contribution in [0.1, 0.15) is 13.8 Å².